The van der Waals surface area contributed by atoms with Crippen LogP contribution in [0.15, 0.2) is 85.6 Å². The highest BCUT2D eigenvalue weighted by Crippen LogP contribution is 2.22. The second-order valence-electron chi connectivity index (χ2n) is 6.81. The van der Waals surface area contributed by atoms with Crippen LogP contribution in [0, 0.1) is 0 Å². The van der Waals surface area contributed by atoms with Gasteiger partial charge in [-0.15, -0.1) is 0 Å². The Labute approximate surface area is 174 Å². The van der Waals surface area contributed by atoms with Crippen molar-refractivity contribution >= 4 is 5.91 Å². The van der Waals surface area contributed by atoms with E-state index in [9.17, 15) is 4.79 Å². The van der Waals surface area contributed by atoms with Gasteiger partial charge in [0.05, 0.1) is 6.33 Å². The molecule has 0 saturated carbocycles. The summed E-state index contributed by atoms with van der Waals surface area (Å²) in [5.41, 5.74) is 2.67. The molecule has 0 aliphatic carbocycles. The molecule has 0 spiro atoms. The summed E-state index contributed by atoms with van der Waals surface area (Å²) in [6, 6.07) is 19.8. The van der Waals surface area contributed by atoms with Crippen LogP contribution in [0.1, 0.15) is 16.9 Å². The molecule has 0 saturated heterocycles. The number of hydrogen-bond acceptors (Lipinski definition) is 4. The molecule has 30 heavy (non-hydrogen) atoms. The number of imidazole rings is 1. The van der Waals surface area contributed by atoms with Crippen molar-refractivity contribution in [3.05, 3.63) is 91.3 Å². The molecule has 0 aliphatic heterocycles. The van der Waals surface area contributed by atoms with E-state index in [4.69, 9.17) is 4.74 Å². The lowest BCUT2D eigenvalue weighted by molar-refractivity contribution is 0.0945. The van der Waals surface area contributed by atoms with Crippen LogP contribution >= 0.6 is 0 Å². The summed E-state index contributed by atoms with van der Waals surface area (Å²) in [7, 11) is 0. The lowest BCUT2D eigenvalue weighted by Gasteiger charge is -2.08. The molecule has 0 bridgehead atoms. The number of aromatic nitrogens is 4. The summed E-state index contributed by atoms with van der Waals surface area (Å²) in [6.45, 7) is 1.62. The predicted octanol–water partition coefficient (Wildman–Crippen LogP) is 3.60. The lowest BCUT2D eigenvalue weighted by atomic mass is 10.1. The zero-order valence-corrected chi connectivity index (χ0v) is 16.5. The average molecular weight is 401 g/mol. The maximum atomic E-state index is 12.2. The molecule has 1 N–H and O–H groups in total. The van der Waals surface area contributed by atoms with Crippen molar-refractivity contribution in [1.82, 2.24) is 24.6 Å². The van der Waals surface area contributed by atoms with Crippen LogP contribution in [-0.2, 0) is 13.3 Å². The summed E-state index contributed by atoms with van der Waals surface area (Å²) >= 11 is 0. The number of hydrogen-bond donors (Lipinski definition) is 1. The standard InChI is InChI=1S/C23H23N5O2/c29-23(25-12-4-14-27-16-13-24-17-27)22-11-15-28(26-22)18-30-21-9-7-20(8-10-21)19-5-2-1-3-6-19/h1-3,5-11,13,15-17H,4,12,14,18H2,(H,25,29). The Hall–Kier alpha value is -3.87. The molecule has 152 valence electrons. The second kappa shape index (κ2) is 9.56. The quantitative estimate of drug-likeness (QED) is 0.435. The number of ether oxygens (including phenoxy) is 1. The molecule has 4 rings (SSSR count). The van der Waals surface area contributed by atoms with Crippen molar-refractivity contribution < 1.29 is 9.53 Å². The summed E-state index contributed by atoms with van der Waals surface area (Å²) in [6.07, 6.45) is 7.96. The van der Waals surface area contributed by atoms with Gasteiger partial charge in [0.15, 0.2) is 6.73 Å². The molecule has 2 heterocycles. The topological polar surface area (TPSA) is 74.0 Å². The number of nitrogens with one attached hydrogen (secondary N) is 1. The zero-order valence-electron chi connectivity index (χ0n) is 16.5. The first-order valence-corrected chi connectivity index (χ1v) is 9.83. The maximum absolute atomic E-state index is 12.2. The lowest BCUT2D eigenvalue weighted by Crippen LogP contribution is -2.25. The average Bonchev–Trinajstić information content (AvgIpc) is 3.48. The monoisotopic (exact) mass is 401 g/mol. The molecule has 4 aromatic rings. The number of nitrogens with zero attached hydrogens (tertiary/aromatic N) is 4. The van der Waals surface area contributed by atoms with Crippen LogP contribution in [0.25, 0.3) is 11.1 Å². The Morgan fingerprint density at radius 2 is 1.77 bits per heavy atom. The van der Waals surface area contributed by atoms with Crippen LogP contribution in [0.4, 0.5) is 0 Å². The first-order valence-electron chi connectivity index (χ1n) is 9.83. The van der Waals surface area contributed by atoms with Gasteiger partial charge in [0.2, 0.25) is 0 Å². The molecular weight excluding hydrogens is 378 g/mol. The van der Waals surface area contributed by atoms with Gasteiger partial charge >= 0.3 is 0 Å². The molecule has 0 unspecified atom stereocenters. The SMILES string of the molecule is O=C(NCCCn1ccnc1)c1ccn(COc2ccc(-c3ccccc3)cc2)n1. The normalized spacial score (nSPS) is 10.7. The predicted molar refractivity (Wildman–Crippen MR) is 114 cm³/mol. The highest BCUT2D eigenvalue weighted by atomic mass is 16.5. The number of carbonyl (C=O) groups excluding carboxylic acids is 1. The second-order valence-corrected chi connectivity index (χ2v) is 6.81. The first kappa shape index (κ1) is 19.4. The fourth-order valence-electron chi connectivity index (χ4n) is 3.04. The number of rotatable bonds is 9. The summed E-state index contributed by atoms with van der Waals surface area (Å²) in [5, 5.41) is 7.16. The van der Waals surface area contributed by atoms with Crippen LogP contribution in [0.5, 0.6) is 5.75 Å². The number of aryl methyl sites for hydroxylation is 1. The van der Waals surface area contributed by atoms with E-state index in [0.717, 1.165) is 29.8 Å². The van der Waals surface area contributed by atoms with E-state index >= 15 is 0 Å². The largest absolute Gasteiger partial charge is 0.471 e. The van der Waals surface area contributed by atoms with Crippen LogP contribution in [0.3, 0.4) is 0 Å². The molecule has 1 amide bonds. The molecule has 0 atom stereocenters. The Bertz CT molecular complexity index is 1060. The Balaban J connectivity index is 1.23. The number of benzene rings is 2. The molecule has 7 nitrogen and oxygen atoms in total. The molecule has 0 aliphatic rings. The first-order chi connectivity index (χ1) is 14.8. The third-order valence-corrected chi connectivity index (χ3v) is 4.64. The van der Waals surface area contributed by atoms with E-state index in [1.54, 1.807) is 29.5 Å². The van der Waals surface area contributed by atoms with Gasteiger partial charge in [-0.05, 0) is 35.7 Å². The zero-order chi connectivity index (χ0) is 20.6. The minimum atomic E-state index is -0.188. The van der Waals surface area contributed by atoms with Gasteiger partial charge in [0, 0.05) is 31.7 Å². The minimum absolute atomic E-state index is 0.188. The van der Waals surface area contributed by atoms with Gasteiger partial charge in [-0.2, -0.15) is 5.10 Å². The summed E-state index contributed by atoms with van der Waals surface area (Å²) in [4.78, 5) is 16.2. The van der Waals surface area contributed by atoms with Crippen LogP contribution in [0.2, 0.25) is 0 Å². The highest BCUT2D eigenvalue weighted by molar-refractivity contribution is 5.92. The van der Waals surface area contributed by atoms with E-state index in [-0.39, 0.29) is 12.6 Å². The smallest absolute Gasteiger partial charge is 0.271 e. The van der Waals surface area contributed by atoms with Gasteiger partial charge < -0.3 is 14.6 Å². The van der Waals surface area contributed by atoms with Gasteiger partial charge in [-0.3, -0.25) is 4.79 Å². The van der Waals surface area contributed by atoms with Crippen LogP contribution < -0.4 is 10.1 Å². The maximum Gasteiger partial charge on any atom is 0.271 e. The van der Waals surface area contributed by atoms with E-state index in [0.29, 0.717) is 12.2 Å². The Morgan fingerprint density at radius 3 is 2.53 bits per heavy atom. The van der Waals surface area contributed by atoms with Gasteiger partial charge in [-0.1, -0.05) is 42.5 Å². The highest BCUT2D eigenvalue weighted by Gasteiger charge is 2.09. The van der Waals surface area contributed by atoms with E-state index < -0.39 is 0 Å². The van der Waals surface area contributed by atoms with Gasteiger partial charge in [-0.25, -0.2) is 9.67 Å². The van der Waals surface area contributed by atoms with E-state index in [1.807, 2.05) is 53.2 Å². The van der Waals surface area contributed by atoms with Gasteiger partial charge in [0.1, 0.15) is 11.4 Å². The van der Waals surface area contributed by atoms with Crippen molar-refractivity contribution in [2.75, 3.05) is 6.54 Å². The third-order valence-electron chi connectivity index (χ3n) is 4.64. The third kappa shape index (κ3) is 5.14. The van der Waals surface area contributed by atoms with Gasteiger partial charge in [0.25, 0.3) is 5.91 Å². The number of carbonyl (C=O) groups is 1. The minimum Gasteiger partial charge on any atom is -0.471 e. The molecule has 0 fully saturated rings. The molecule has 7 heteroatoms. The van der Waals surface area contributed by atoms with E-state index in [1.165, 1.54) is 0 Å². The van der Waals surface area contributed by atoms with E-state index in [2.05, 4.69) is 27.5 Å². The van der Waals surface area contributed by atoms with Crippen molar-refractivity contribution in [2.45, 2.75) is 19.7 Å². The molecule has 2 aromatic heterocycles. The molecule has 2 aromatic carbocycles. The van der Waals surface area contributed by atoms with Crippen molar-refractivity contribution in [2.24, 2.45) is 0 Å². The number of amides is 1. The Morgan fingerprint density at radius 1 is 0.967 bits per heavy atom. The van der Waals surface area contributed by atoms with Crippen molar-refractivity contribution in [3.8, 4) is 16.9 Å². The summed E-state index contributed by atoms with van der Waals surface area (Å²) < 4.78 is 9.36. The van der Waals surface area contributed by atoms with Crippen molar-refractivity contribution in [1.29, 1.82) is 0 Å². The molecular formula is C23H23N5O2. The molecule has 0 radical (unpaired) electrons. The fourth-order valence-corrected chi connectivity index (χ4v) is 3.04. The summed E-state index contributed by atoms with van der Waals surface area (Å²) in [5.74, 6) is 0.558. The van der Waals surface area contributed by atoms with Crippen molar-refractivity contribution in [3.63, 3.8) is 0 Å². The van der Waals surface area contributed by atoms with Crippen LogP contribution in [-0.4, -0.2) is 31.8 Å². The fraction of sp³-hybridized carbons (Fsp3) is 0.174. The Kier molecular flexibility index (Phi) is 6.19.